The van der Waals surface area contributed by atoms with E-state index < -0.39 is 11.5 Å². The second-order valence-corrected chi connectivity index (χ2v) is 2.20. The van der Waals surface area contributed by atoms with Crippen molar-refractivity contribution >= 4 is 5.97 Å². The van der Waals surface area contributed by atoms with E-state index in [1.807, 2.05) is 0 Å². The van der Waals surface area contributed by atoms with E-state index in [1.54, 1.807) is 6.92 Å². The Labute approximate surface area is 68.3 Å². The number of aromatic carboxylic acids is 1. The van der Waals surface area contributed by atoms with Crippen LogP contribution in [-0.4, -0.2) is 20.9 Å². The van der Waals surface area contributed by atoms with Crippen molar-refractivity contribution in [2.45, 2.75) is 13.5 Å². The molecule has 0 aromatic carbocycles. The minimum Gasteiger partial charge on any atom is -0.478 e. The van der Waals surface area contributed by atoms with Crippen molar-refractivity contribution in [3.05, 3.63) is 28.2 Å². The summed E-state index contributed by atoms with van der Waals surface area (Å²) in [4.78, 5) is 21.4. The third-order valence-corrected chi connectivity index (χ3v) is 1.42. The SMILES string of the molecule is CCn1ncc(C(=O)O)cc1=O. The molecular weight excluding hydrogens is 160 g/mol. The zero-order valence-corrected chi connectivity index (χ0v) is 6.52. The predicted molar refractivity (Wildman–Crippen MR) is 41.1 cm³/mol. The first-order chi connectivity index (χ1) is 5.65. The molecular formula is C7H8N2O3. The number of aryl methyl sites for hydroxylation is 1. The third-order valence-electron chi connectivity index (χ3n) is 1.42. The van der Waals surface area contributed by atoms with E-state index in [4.69, 9.17) is 5.11 Å². The second-order valence-electron chi connectivity index (χ2n) is 2.20. The normalized spacial score (nSPS) is 9.75. The Kier molecular flexibility index (Phi) is 2.23. The largest absolute Gasteiger partial charge is 0.478 e. The predicted octanol–water partition coefficient (Wildman–Crippen LogP) is -0.0386. The highest BCUT2D eigenvalue weighted by Crippen LogP contribution is 1.90. The monoisotopic (exact) mass is 168 g/mol. The van der Waals surface area contributed by atoms with Gasteiger partial charge in [0.25, 0.3) is 5.56 Å². The molecule has 64 valence electrons. The number of hydrogen-bond donors (Lipinski definition) is 1. The molecule has 1 heterocycles. The van der Waals surface area contributed by atoms with Gasteiger partial charge in [0.1, 0.15) is 0 Å². The number of carboxylic acid groups (broad SMARTS) is 1. The minimum absolute atomic E-state index is 0.0790. The van der Waals surface area contributed by atoms with Crippen LogP contribution in [0.5, 0.6) is 0 Å². The molecule has 0 bridgehead atoms. The number of carboxylic acids is 1. The Morgan fingerprint density at radius 1 is 1.75 bits per heavy atom. The summed E-state index contributed by atoms with van der Waals surface area (Å²) in [5.74, 6) is -1.14. The van der Waals surface area contributed by atoms with Crippen LogP contribution in [-0.2, 0) is 6.54 Å². The Morgan fingerprint density at radius 2 is 2.42 bits per heavy atom. The van der Waals surface area contributed by atoms with E-state index in [0.29, 0.717) is 6.54 Å². The molecule has 1 N–H and O–H groups in total. The molecule has 0 radical (unpaired) electrons. The van der Waals surface area contributed by atoms with Crippen LogP contribution >= 0.6 is 0 Å². The van der Waals surface area contributed by atoms with Crippen molar-refractivity contribution in [1.29, 1.82) is 0 Å². The molecule has 1 aromatic rings. The summed E-state index contributed by atoms with van der Waals surface area (Å²) in [6, 6.07) is 1.05. The molecule has 0 aliphatic rings. The lowest BCUT2D eigenvalue weighted by Crippen LogP contribution is -2.22. The standard InChI is InChI=1S/C7H8N2O3/c1-2-9-6(10)3-5(4-8-9)7(11)12/h3-4H,2H2,1H3,(H,11,12). The van der Waals surface area contributed by atoms with Crippen molar-refractivity contribution in [3.63, 3.8) is 0 Å². The average molecular weight is 168 g/mol. The number of aromatic nitrogens is 2. The lowest BCUT2D eigenvalue weighted by molar-refractivity contribution is 0.0695. The van der Waals surface area contributed by atoms with Crippen molar-refractivity contribution in [2.24, 2.45) is 0 Å². The van der Waals surface area contributed by atoms with Gasteiger partial charge >= 0.3 is 5.97 Å². The maximum atomic E-state index is 11.0. The number of nitrogens with zero attached hydrogens (tertiary/aromatic N) is 2. The minimum atomic E-state index is -1.14. The first-order valence-corrected chi connectivity index (χ1v) is 3.45. The van der Waals surface area contributed by atoms with Crippen LogP contribution in [0, 0.1) is 0 Å². The maximum Gasteiger partial charge on any atom is 0.337 e. The third kappa shape index (κ3) is 1.50. The number of carbonyl (C=O) groups is 1. The van der Waals surface area contributed by atoms with E-state index in [-0.39, 0.29) is 5.56 Å². The summed E-state index contributed by atoms with van der Waals surface area (Å²) >= 11 is 0. The van der Waals surface area contributed by atoms with E-state index in [0.717, 1.165) is 12.3 Å². The highest BCUT2D eigenvalue weighted by Gasteiger charge is 2.04. The van der Waals surface area contributed by atoms with Crippen molar-refractivity contribution < 1.29 is 9.90 Å². The van der Waals surface area contributed by atoms with Gasteiger partial charge in [-0.05, 0) is 6.92 Å². The van der Waals surface area contributed by atoms with Crippen molar-refractivity contribution in [2.75, 3.05) is 0 Å². The smallest absolute Gasteiger partial charge is 0.337 e. The molecule has 0 amide bonds. The van der Waals surface area contributed by atoms with Crippen LogP contribution in [0.4, 0.5) is 0 Å². The summed E-state index contributed by atoms with van der Waals surface area (Å²) in [5.41, 5.74) is -0.470. The first kappa shape index (κ1) is 8.45. The lowest BCUT2D eigenvalue weighted by Gasteiger charge is -1.98. The van der Waals surface area contributed by atoms with Gasteiger partial charge < -0.3 is 5.11 Å². The fourth-order valence-electron chi connectivity index (χ4n) is 0.788. The Hall–Kier alpha value is -1.65. The summed E-state index contributed by atoms with van der Waals surface area (Å²) in [7, 11) is 0. The van der Waals surface area contributed by atoms with E-state index in [9.17, 15) is 9.59 Å². The Bertz CT molecular complexity index is 356. The highest BCUT2D eigenvalue weighted by molar-refractivity contribution is 5.86. The van der Waals surface area contributed by atoms with Crippen molar-refractivity contribution in [3.8, 4) is 0 Å². The summed E-state index contributed by atoms with van der Waals surface area (Å²) < 4.78 is 1.19. The molecule has 0 saturated heterocycles. The summed E-state index contributed by atoms with van der Waals surface area (Å²) in [5, 5.41) is 12.1. The van der Waals surface area contributed by atoms with Gasteiger partial charge in [-0.25, -0.2) is 9.48 Å². The van der Waals surface area contributed by atoms with Gasteiger partial charge in [-0.1, -0.05) is 0 Å². The van der Waals surface area contributed by atoms with E-state index in [1.165, 1.54) is 4.68 Å². The Morgan fingerprint density at radius 3 is 2.83 bits per heavy atom. The van der Waals surface area contributed by atoms with Crippen molar-refractivity contribution in [1.82, 2.24) is 9.78 Å². The zero-order valence-electron chi connectivity index (χ0n) is 6.52. The molecule has 0 saturated carbocycles. The van der Waals surface area contributed by atoms with Gasteiger partial charge in [0.15, 0.2) is 0 Å². The molecule has 0 aliphatic heterocycles. The first-order valence-electron chi connectivity index (χ1n) is 3.45. The van der Waals surface area contributed by atoms with Crippen LogP contribution in [0.15, 0.2) is 17.1 Å². The van der Waals surface area contributed by atoms with Gasteiger partial charge in [0.2, 0.25) is 0 Å². The van der Waals surface area contributed by atoms with Crippen LogP contribution in [0.2, 0.25) is 0 Å². The second kappa shape index (κ2) is 3.17. The average Bonchev–Trinajstić information content (AvgIpc) is 2.04. The fourth-order valence-corrected chi connectivity index (χ4v) is 0.788. The molecule has 12 heavy (non-hydrogen) atoms. The van der Waals surface area contributed by atoms with Gasteiger partial charge in [-0.15, -0.1) is 0 Å². The van der Waals surface area contributed by atoms with Crippen LogP contribution in [0.25, 0.3) is 0 Å². The molecule has 1 rings (SSSR count). The topological polar surface area (TPSA) is 72.2 Å². The van der Waals surface area contributed by atoms with E-state index in [2.05, 4.69) is 5.10 Å². The fraction of sp³-hybridized carbons (Fsp3) is 0.286. The lowest BCUT2D eigenvalue weighted by atomic mass is 10.3. The zero-order chi connectivity index (χ0) is 9.14. The molecule has 0 fully saturated rings. The molecule has 5 heteroatoms. The van der Waals surface area contributed by atoms with Gasteiger partial charge in [0.05, 0.1) is 11.8 Å². The molecule has 0 aliphatic carbocycles. The van der Waals surface area contributed by atoms with Gasteiger partial charge in [0, 0.05) is 12.6 Å². The van der Waals surface area contributed by atoms with Gasteiger partial charge in [-0.2, -0.15) is 5.10 Å². The summed E-state index contributed by atoms with van der Waals surface area (Å²) in [6.45, 7) is 2.20. The highest BCUT2D eigenvalue weighted by atomic mass is 16.4. The number of hydrogen-bond acceptors (Lipinski definition) is 3. The molecule has 0 unspecified atom stereocenters. The molecule has 0 atom stereocenters. The maximum absolute atomic E-state index is 11.0. The molecule has 5 nitrogen and oxygen atoms in total. The quantitative estimate of drug-likeness (QED) is 0.672. The van der Waals surface area contributed by atoms with Gasteiger partial charge in [-0.3, -0.25) is 4.79 Å². The molecule has 1 aromatic heterocycles. The van der Waals surface area contributed by atoms with Crippen LogP contribution < -0.4 is 5.56 Å². The van der Waals surface area contributed by atoms with Crippen LogP contribution in [0.1, 0.15) is 17.3 Å². The molecule has 0 spiro atoms. The van der Waals surface area contributed by atoms with Crippen LogP contribution in [0.3, 0.4) is 0 Å². The Balaban J connectivity index is 3.19. The summed E-state index contributed by atoms with van der Waals surface area (Å²) in [6.07, 6.45) is 1.16. The number of rotatable bonds is 2. The van der Waals surface area contributed by atoms with E-state index >= 15 is 0 Å².